The number of hydrogen-bond donors (Lipinski definition) is 1. The van der Waals surface area contributed by atoms with Gasteiger partial charge in [0.15, 0.2) is 0 Å². The second-order valence-corrected chi connectivity index (χ2v) is 4.46. The molecule has 1 unspecified atom stereocenters. The molecule has 1 atom stereocenters. The van der Waals surface area contributed by atoms with Crippen LogP contribution in [0, 0.1) is 0 Å². The minimum Gasteiger partial charge on any atom is -0.307 e. The molecule has 0 fully saturated rings. The van der Waals surface area contributed by atoms with Crippen LogP contribution in [0.5, 0.6) is 0 Å². The number of nitrogens with zero attached hydrogens (tertiary/aromatic N) is 4. The zero-order chi connectivity index (χ0) is 11.7. The molecule has 5 nitrogen and oxygen atoms in total. The number of rotatable bonds is 3. The second kappa shape index (κ2) is 4.39. The van der Waals surface area contributed by atoms with Crippen LogP contribution >= 0.6 is 15.9 Å². The van der Waals surface area contributed by atoms with E-state index in [1.54, 1.807) is 12.4 Å². The van der Waals surface area contributed by atoms with Crippen LogP contribution < -0.4 is 5.32 Å². The SMILES string of the molecule is CNC(c1ccnn1C)c1c(Br)cnn1C. The van der Waals surface area contributed by atoms with Gasteiger partial charge in [-0.3, -0.25) is 9.36 Å². The molecule has 2 heterocycles. The van der Waals surface area contributed by atoms with Gasteiger partial charge in [-0.25, -0.2) is 0 Å². The number of nitrogens with one attached hydrogen (secondary N) is 1. The Morgan fingerprint density at radius 2 is 2.06 bits per heavy atom. The van der Waals surface area contributed by atoms with Gasteiger partial charge in [0.25, 0.3) is 0 Å². The van der Waals surface area contributed by atoms with E-state index >= 15 is 0 Å². The highest BCUT2D eigenvalue weighted by Gasteiger charge is 2.21. The standard InChI is InChI=1S/C10H14BrN5/c1-12-9(8-4-5-13-15(8)2)10-7(11)6-14-16(10)3/h4-6,9,12H,1-3H3. The van der Waals surface area contributed by atoms with Crippen LogP contribution in [0.25, 0.3) is 0 Å². The van der Waals surface area contributed by atoms with E-state index in [0.29, 0.717) is 0 Å². The summed E-state index contributed by atoms with van der Waals surface area (Å²) in [5.74, 6) is 0. The summed E-state index contributed by atoms with van der Waals surface area (Å²) in [6.45, 7) is 0. The molecule has 1 N–H and O–H groups in total. The maximum Gasteiger partial charge on any atom is 0.0927 e. The van der Waals surface area contributed by atoms with Crippen LogP contribution in [0.15, 0.2) is 22.9 Å². The fourth-order valence-corrected chi connectivity index (χ4v) is 2.41. The molecule has 0 saturated heterocycles. The molecule has 0 aromatic carbocycles. The Bertz CT molecular complexity index is 468. The highest BCUT2D eigenvalue weighted by Crippen LogP contribution is 2.27. The third-order valence-corrected chi connectivity index (χ3v) is 3.27. The van der Waals surface area contributed by atoms with Gasteiger partial charge >= 0.3 is 0 Å². The lowest BCUT2D eigenvalue weighted by atomic mass is 10.1. The smallest absolute Gasteiger partial charge is 0.0927 e. The number of aryl methyl sites for hydroxylation is 2. The lowest BCUT2D eigenvalue weighted by Crippen LogP contribution is -2.23. The van der Waals surface area contributed by atoms with Crippen LogP contribution in [-0.2, 0) is 14.1 Å². The van der Waals surface area contributed by atoms with Crippen molar-refractivity contribution in [2.75, 3.05) is 7.05 Å². The van der Waals surface area contributed by atoms with Crippen LogP contribution in [-0.4, -0.2) is 26.6 Å². The van der Waals surface area contributed by atoms with Gasteiger partial charge < -0.3 is 5.32 Å². The molecule has 0 spiro atoms. The molecule has 6 heteroatoms. The fourth-order valence-electron chi connectivity index (χ4n) is 1.84. The monoisotopic (exact) mass is 283 g/mol. The van der Waals surface area contributed by atoms with E-state index in [1.165, 1.54) is 0 Å². The first-order chi connectivity index (χ1) is 7.65. The Hall–Kier alpha value is -1.14. The van der Waals surface area contributed by atoms with E-state index in [0.717, 1.165) is 15.9 Å². The predicted molar refractivity (Wildman–Crippen MR) is 65.0 cm³/mol. The van der Waals surface area contributed by atoms with Gasteiger partial charge in [-0.15, -0.1) is 0 Å². The van der Waals surface area contributed by atoms with Crippen molar-refractivity contribution in [3.8, 4) is 0 Å². The lowest BCUT2D eigenvalue weighted by Gasteiger charge is -2.17. The lowest BCUT2D eigenvalue weighted by molar-refractivity contribution is 0.559. The molecular formula is C10H14BrN5. The minimum absolute atomic E-state index is 0.0781. The van der Waals surface area contributed by atoms with Gasteiger partial charge in [-0.05, 0) is 29.0 Å². The van der Waals surface area contributed by atoms with Crippen molar-refractivity contribution < 1.29 is 0 Å². The summed E-state index contributed by atoms with van der Waals surface area (Å²) in [5.41, 5.74) is 2.19. The zero-order valence-corrected chi connectivity index (χ0v) is 11.1. The molecule has 2 rings (SSSR count). The summed E-state index contributed by atoms with van der Waals surface area (Å²) in [5, 5.41) is 11.7. The zero-order valence-electron chi connectivity index (χ0n) is 9.48. The average Bonchev–Trinajstić information content (AvgIpc) is 2.80. The fraction of sp³-hybridized carbons (Fsp3) is 0.400. The normalized spacial score (nSPS) is 13.0. The highest BCUT2D eigenvalue weighted by molar-refractivity contribution is 9.10. The quantitative estimate of drug-likeness (QED) is 0.922. The van der Waals surface area contributed by atoms with Gasteiger partial charge in [0.05, 0.1) is 28.1 Å². The summed E-state index contributed by atoms with van der Waals surface area (Å²) >= 11 is 3.52. The van der Waals surface area contributed by atoms with Gasteiger partial charge in [0.2, 0.25) is 0 Å². The maximum atomic E-state index is 4.22. The van der Waals surface area contributed by atoms with E-state index in [-0.39, 0.29) is 6.04 Å². The van der Waals surface area contributed by atoms with Gasteiger partial charge in [-0.2, -0.15) is 10.2 Å². The van der Waals surface area contributed by atoms with Crippen molar-refractivity contribution >= 4 is 15.9 Å². The van der Waals surface area contributed by atoms with Crippen molar-refractivity contribution in [2.45, 2.75) is 6.04 Å². The molecule has 2 aromatic heterocycles. The largest absolute Gasteiger partial charge is 0.307 e. The van der Waals surface area contributed by atoms with E-state index in [2.05, 4.69) is 31.4 Å². The van der Waals surface area contributed by atoms with Crippen molar-refractivity contribution in [3.05, 3.63) is 34.3 Å². The first kappa shape index (κ1) is 11.3. The molecule has 0 radical (unpaired) electrons. The first-order valence-corrected chi connectivity index (χ1v) is 5.77. The van der Waals surface area contributed by atoms with Crippen molar-refractivity contribution in [1.29, 1.82) is 0 Å². The van der Waals surface area contributed by atoms with E-state index in [4.69, 9.17) is 0 Å². The van der Waals surface area contributed by atoms with Crippen molar-refractivity contribution in [3.63, 3.8) is 0 Å². The molecule has 0 aliphatic carbocycles. The Balaban J connectivity index is 2.49. The first-order valence-electron chi connectivity index (χ1n) is 4.97. The topological polar surface area (TPSA) is 47.7 Å². The number of hydrogen-bond acceptors (Lipinski definition) is 3. The Kier molecular flexibility index (Phi) is 3.11. The molecule has 0 bridgehead atoms. The van der Waals surface area contributed by atoms with E-state index < -0.39 is 0 Å². The van der Waals surface area contributed by atoms with Gasteiger partial charge in [0, 0.05) is 20.3 Å². The summed E-state index contributed by atoms with van der Waals surface area (Å²) in [6.07, 6.45) is 3.60. The van der Waals surface area contributed by atoms with Crippen LogP contribution in [0.4, 0.5) is 0 Å². The average molecular weight is 284 g/mol. The molecule has 0 saturated carbocycles. The summed E-state index contributed by atoms with van der Waals surface area (Å²) < 4.78 is 4.72. The molecule has 0 amide bonds. The number of aromatic nitrogens is 4. The molecule has 0 aliphatic rings. The minimum atomic E-state index is 0.0781. The van der Waals surface area contributed by atoms with Crippen molar-refractivity contribution in [1.82, 2.24) is 24.9 Å². The van der Waals surface area contributed by atoms with Crippen LogP contribution in [0.3, 0.4) is 0 Å². The van der Waals surface area contributed by atoms with Gasteiger partial charge in [0.1, 0.15) is 0 Å². The number of halogens is 1. The van der Waals surface area contributed by atoms with E-state index in [9.17, 15) is 0 Å². The molecule has 16 heavy (non-hydrogen) atoms. The van der Waals surface area contributed by atoms with Crippen LogP contribution in [0.1, 0.15) is 17.4 Å². The second-order valence-electron chi connectivity index (χ2n) is 3.60. The molecule has 86 valence electrons. The Morgan fingerprint density at radius 1 is 1.31 bits per heavy atom. The molecule has 2 aromatic rings. The summed E-state index contributed by atoms with van der Waals surface area (Å²) in [7, 11) is 5.79. The third-order valence-electron chi connectivity index (χ3n) is 2.65. The summed E-state index contributed by atoms with van der Waals surface area (Å²) in [6, 6.07) is 2.08. The van der Waals surface area contributed by atoms with E-state index in [1.807, 2.05) is 36.6 Å². The Labute approximate surface area is 103 Å². The van der Waals surface area contributed by atoms with Crippen molar-refractivity contribution in [2.24, 2.45) is 14.1 Å². The van der Waals surface area contributed by atoms with Crippen LogP contribution in [0.2, 0.25) is 0 Å². The third kappa shape index (κ3) is 1.78. The molecule has 0 aliphatic heterocycles. The Morgan fingerprint density at radius 3 is 2.50 bits per heavy atom. The van der Waals surface area contributed by atoms with Gasteiger partial charge in [-0.1, -0.05) is 0 Å². The predicted octanol–water partition coefficient (Wildman–Crippen LogP) is 1.22. The maximum absolute atomic E-state index is 4.22. The summed E-state index contributed by atoms with van der Waals surface area (Å²) in [4.78, 5) is 0. The highest BCUT2D eigenvalue weighted by atomic mass is 79.9. The molecular weight excluding hydrogens is 270 g/mol.